The number of ether oxygens (including phenoxy) is 1. The Balaban J connectivity index is 2.00. The summed E-state index contributed by atoms with van der Waals surface area (Å²) in [6.07, 6.45) is 2.68. The van der Waals surface area contributed by atoms with Crippen LogP contribution in [0.5, 0.6) is 0 Å². The molecule has 1 atom stereocenters. The summed E-state index contributed by atoms with van der Waals surface area (Å²) in [4.78, 5) is 2.47. The van der Waals surface area contributed by atoms with Crippen molar-refractivity contribution in [2.45, 2.75) is 45.8 Å². The molecule has 1 saturated heterocycles. The lowest BCUT2D eigenvalue weighted by molar-refractivity contribution is 0.0395. The van der Waals surface area contributed by atoms with Crippen molar-refractivity contribution in [1.82, 2.24) is 4.90 Å². The Morgan fingerprint density at radius 2 is 1.75 bits per heavy atom. The maximum absolute atomic E-state index is 6.47. The minimum Gasteiger partial charge on any atom is -0.381 e. The molecule has 1 aromatic carbocycles. The van der Waals surface area contributed by atoms with Crippen LogP contribution in [0.25, 0.3) is 0 Å². The van der Waals surface area contributed by atoms with Crippen LogP contribution in [0.3, 0.4) is 0 Å². The first kappa shape index (κ1) is 15.5. The second-order valence-corrected chi connectivity index (χ2v) is 6.15. The minimum atomic E-state index is 0.106. The summed E-state index contributed by atoms with van der Waals surface area (Å²) in [6.45, 7) is 9.62. The third-order valence-electron chi connectivity index (χ3n) is 4.43. The molecular weight excluding hydrogens is 248 g/mol. The quantitative estimate of drug-likeness (QED) is 0.919. The van der Waals surface area contributed by atoms with Crippen LogP contribution in [-0.4, -0.2) is 37.7 Å². The third-order valence-corrected chi connectivity index (χ3v) is 4.43. The zero-order valence-corrected chi connectivity index (χ0v) is 13.3. The van der Waals surface area contributed by atoms with Gasteiger partial charge in [-0.2, -0.15) is 0 Å². The van der Waals surface area contributed by atoms with Crippen LogP contribution in [0.1, 0.15) is 41.1 Å². The molecule has 2 N–H and O–H groups in total. The number of nitrogens with two attached hydrogens (primary N) is 1. The highest BCUT2D eigenvalue weighted by molar-refractivity contribution is 5.39. The fraction of sp³-hybridized carbons (Fsp3) is 0.647. The number of methoxy groups -OCH3 is 1. The molecule has 0 amide bonds. The van der Waals surface area contributed by atoms with Gasteiger partial charge in [-0.1, -0.05) is 17.7 Å². The summed E-state index contributed by atoms with van der Waals surface area (Å²) in [6, 6.07) is 4.58. The van der Waals surface area contributed by atoms with Crippen molar-refractivity contribution in [1.29, 1.82) is 0 Å². The molecule has 0 saturated carbocycles. The van der Waals surface area contributed by atoms with Crippen LogP contribution in [0.4, 0.5) is 0 Å². The maximum atomic E-state index is 6.47. The van der Waals surface area contributed by atoms with Crippen molar-refractivity contribution in [3.05, 3.63) is 34.4 Å². The predicted octanol–water partition coefficient (Wildman–Crippen LogP) is 2.72. The summed E-state index contributed by atoms with van der Waals surface area (Å²) in [7, 11) is 1.81. The van der Waals surface area contributed by atoms with Gasteiger partial charge in [0, 0.05) is 32.8 Å². The van der Waals surface area contributed by atoms with Crippen molar-refractivity contribution < 1.29 is 4.74 Å². The molecule has 0 aliphatic carbocycles. The normalized spacial score (nSPS) is 19.2. The first-order chi connectivity index (χ1) is 9.51. The second-order valence-electron chi connectivity index (χ2n) is 6.15. The summed E-state index contributed by atoms with van der Waals surface area (Å²) in [5.41, 5.74) is 11.8. The Bertz CT molecular complexity index is 427. The van der Waals surface area contributed by atoms with Crippen LogP contribution in [-0.2, 0) is 4.74 Å². The molecule has 0 aromatic heterocycles. The molecule has 1 aliphatic rings. The Morgan fingerprint density at radius 1 is 1.20 bits per heavy atom. The second kappa shape index (κ2) is 6.70. The van der Waals surface area contributed by atoms with Gasteiger partial charge in [-0.3, -0.25) is 0 Å². The number of aryl methyl sites for hydroxylation is 3. The number of rotatable bonds is 4. The molecule has 1 unspecified atom stereocenters. The highest BCUT2D eigenvalue weighted by atomic mass is 16.5. The maximum Gasteiger partial charge on any atom is 0.0595 e. The first-order valence-corrected chi connectivity index (χ1v) is 7.59. The Hall–Kier alpha value is -0.900. The van der Waals surface area contributed by atoms with E-state index in [1.54, 1.807) is 0 Å². The van der Waals surface area contributed by atoms with Gasteiger partial charge in [0.1, 0.15) is 0 Å². The lowest BCUT2D eigenvalue weighted by atomic mass is 9.93. The minimum absolute atomic E-state index is 0.106. The Kier molecular flexibility index (Phi) is 5.19. The van der Waals surface area contributed by atoms with E-state index in [4.69, 9.17) is 10.5 Å². The average molecular weight is 276 g/mol. The van der Waals surface area contributed by atoms with Gasteiger partial charge in [0.2, 0.25) is 0 Å². The largest absolute Gasteiger partial charge is 0.381 e. The smallest absolute Gasteiger partial charge is 0.0595 e. The molecule has 112 valence electrons. The molecule has 1 fully saturated rings. The molecule has 1 heterocycles. The van der Waals surface area contributed by atoms with Crippen LogP contribution < -0.4 is 5.73 Å². The molecule has 0 spiro atoms. The summed E-state index contributed by atoms with van der Waals surface area (Å²) >= 11 is 0. The Labute approximate surface area is 123 Å². The van der Waals surface area contributed by atoms with Crippen LogP contribution in [0.2, 0.25) is 0 Å². The molecule has 3 nitrogen and oxygen atoms in total. The van der Waals surface area contributed by atoms with E-state index in [-0.39, 0.29) is 6.04 Å². The number of hydrogen-bond acceptors (Lipinski definition) is 3. The Morgan fingerprint density at radius 3 is 2.25 bits per heavy atom. The van der Waals surface area contributed by atoms with E-state index in [1.165, 1.54) is 22.3 Å². The van der Waals surface area contributed by atoms with Gasteiger partial charge in [0.15, 0.2) is 0 Å². The van der Waals surface area contributed by atoms with Crippen LogP contribution in [0, 0.1) is 20.8 Å². The van der Waals surface area contributed by atoms with Crippen molar-refractivity contribution in [2.24, 2.45) is 5.73 Å². The highest BCUT2D eigenvalue weighted by Crippen LogP contribution is 2.24. The van der Waals surface area contributed by atoms with Gasteiger partial charge < -0.3 is 15.4 Å². The predicted molar refractivity (Wildman–Crippen MR) is 84.1 cm³/mol. The molecule has 1 aromatic rings. The van der Waals surface area contributed by atoms with Gasteiger partial charge in [0.25, 0.3) is 0 Å². The molecule has 2 rings (SSSR count). The number of piperidine rings is 1. The number of benzene rings is 1. The van der Waals surface area contributed by atoms with Crippen molar-refractivity contribution in [2.75, 3.05) is 26.7 Å². The summed E-state index contributed by atoms with van der Waals surface area (Å²) < 4.78 is 5.42. The van der Waals surface area contributed by atoms with Crippen molar-refractivity contribution in [3.63, 3.8) is 0 Å². The van der Waals surface area contributed by atoms with E-state index >= 15 is 0 Å². The van der Waals surface area contributed by atoms with Crippen LogP contribution in [0.15, 0.2) is 12.1 Å². The highest BCUT2D eigenvalue weighted by Gasteiger charge is 2.22. The SMILES string of the molecule is COC1CCN(CC(N)c2c(C)cc(C)cc2C)CC1. The van der Waals surface area contributed by atoms with Gasteiger partial charge >= 0.3 is 0 Å². The average Bonchev–Trinajstić information content (AvgIpc) is 2.38. The molecule has 3 heteroatoms. The monoisotopic (exact) mass is 276 g/mol. The zero-order chi connectivity index (χ0) is 14.7. The van der Waals surface area contributed by atoms with Gasteiger partial charge in [-0.25, -0.2) is 0 Å². The molecule has 20 heavy (non-hydrogen) atoms. The van der Waals surface area contributed by atoms with E-state index < -0.39 is 0 Å². The molecule has 0 bridgehead atoms. The van der Waals surface area contributed by atoms with Crippen molar-refractivity contribution in [3.8, 4) is 0 Å². The van der Waals surface area contributed by atoms with Crippen LogP contribution >= 0.6 is 0 Å². The molecular formula is C17H28N2O. The van der Waals surface area contributed by atoms with Gasteiger partial charge in [-0.15, -0.1) is 0 Å². The lowest BCUT2D eigenvalue weighted by Crippen LogP contribution is -2.40. The summed E-state index contributed by atoms with van der Waals surface area (Å²) in [5, 5.41) is 0. The van der Waals surface area contributed by atoms with Gasteiger partial charge in [0.05, 0.1) is 6.10 Å². The van der Waals surface area contributed by atoms with E-state index in [1.807, 2.05) is 7.11 Å². The van der Waals surface area contributed by atoms with E-state index in [2.05, 4.69) is 37.8 Å². The van der Waals surface area contributed by atoms with Crippen molar-refractivity contribution >= 4 is 0 Å². The van der Waals surface area contributed by atoms with E-state index in [0.717, 1.165) is 32.5 Å². The zero-order valence-electron chi connectivity index (χ0n) is 13.3. The van der Waals surface area contributed by atoms with Gasteiger partial charge in [-0.05, 0) is 50.3 Å². The fourth-order valence-electron chi connectivity index (χ4n) is 3.47. The van der Waals surface area contributed by atoms with E-state index in [0.29, 0.717) is 6.10 Å². The molecule has 1 aliphatic heterocycles. The number of nitrogens with zero attached hydrogens (tertiary/aromatic N) is 1. The first-order valence-electron chi connectivity index (χ1n) is 7.59. The van der Waals surface area contributed by atoms with E-state index in [9.17, 15) is 0 Å². The number of hydrogen-bond donors (Lipinski definition) is 1. The lowest BCUT2D eigenvalue weighted by Gasteiger charge is -2.33. The summed E-state index contributed by atoms with van der Waals surface area (Å²) in [5.74, 6) is 0. The topological polar surface area (TPSA) is 38.5 Å². The molecule has 0 radical (unpaired) electrons. The third kappa shape index (κ3) is 3.60. The fourth-order valence-corrected chi connectivity index (χ4v) is 3.47. The standard InChI is InChI=1S/C17H28N2O/c1-12-9-13(2)17(14(3)10-12)16(18)11-19-7-5-15(20-4)6-8-19/h9-10,15-16H,5-8,11,18H2,1-4H3. The number of likely N-dealkylation sites (tertiary alicyclic amines) is 1.